The van der Waals surface area contributed by atoms with Crippen LogP contribution in [0.3, 0.4) is 0 Å². The number of hydrogen-bond donors (Lipinski definition) is 1. The second-order valence-corrected chi connectivity index (χ2v) is 3.81. The van der Waals surface area contributed by atoms with Crippen LogP contribution in [0.15, 0.2) is 12.3 Å². The Morgan fingerprint density at radius 2 is 2.29 bits per heavy atom. The molecule has 0 bridgehead atoms. The predicted octanol–water partition coefficient (Wildman–Crippen LogP) is 0.816. The van der Waals surface area contributed by atoms with Gasteiger partial charge in [-0.2, -0.15) is 5.10 Å². The maximum absolute atomic E-state index is 5.57. The average molecular weight is 194 g/mol. The van der Waals surface area contributed by atoms with Crippen molar-refractivity contribution in [1.82, 2.24) is 10.2 Å². The van der Waals surface area contributed by atoms with Gasteiger partial charge in [0.1, 0.15) is 0 Å². The van der Waals surface area contributed by atoms with Gasteiger partial charge in [-0.05, 0) is 31.0 Å². The van der Waals surface area contributed by atoms with E-state index in [0.29, 0.717) is 12.5 Å². The van der Waals surface area contributed by atoms with Crippen LogP contribution in [0.25, 0.3) is 0 Å². The molecule has 4 nitrogen and oxygen atoms in total. The van der Waals surface area contributed by atoms with Crippen molar-refractivity contribution in [2.45, 2.75) is 13.8 Å². The molecule has 0 aliphatic rings. The van der Waals surface area contributed by atoms with E-state index in [-0.39, 0.29) is 0 Å². The van der Waals surface area contributed by atoms with Crippen LogP contribution in [-0.4, -0.2) is 30.3 Å². The van der Waals surface area contributed by atoms with Crippen LogP contribution in [0.1, 0.15) is 12.5 Å². The molecule has 0 saturated heterocycles. The molecule has 1 aromatic heterocycles. The van der Waals surface area contributed by atoms with Crippen LogP contribution in [0.2, 0.25) is 0 Å². The Balaban J connectivity index is 2.64. The number of nitrogens with zero attached hydrogens (tertiary/aromatic N) is 3. The van der Waals surface area contributed by atoms with E-state index in [2.05, 4.69) is 22.0 Å². The molecule has 0 saturated carbocycles. The fourth-order valence-electron chi connectivity index (χ4n) is 1.27. The zero-order chi connectivity index (χ0) is 10.6. The first-order valence-electron chi connectivity index (χ1n) is 4.84. The summed E-state index contributed by atoms with van der Waals surface area (Å²) in [6.07, 6.45) is 1.75. The van der Waals surface area contributed by atoms with Gasteiger partial charge in [-0.15, -0.1) is 5.10 Å². The van der Waals surface area contributed by atoms with Crippen molar-refractivity contribution in [3.8, 4) is 0 Å². The van der Waals surface area contributed by atoms with Gasteiger partial charge < -0.3 is 10.6 Å². The van der Waals surface area contributed by atoms with Crippen molar-refractivity contribution in [1.29, 1.82) is 0 Å². The summed E-state index contributed by atoms with van der Waals surface area (Å²) < 4.78 is 0. The minimum atomic E-state index is 0.474. The van der Waals surface area contributed by atoms with Crippen LogP contribution in [-0.2, 0) is 0 Å². The number of aromatic nitrogens is 2. The topological polar surface area (TPSA) is 55.0 Å². The molecule has 0 spiro atoms. The normalized spacial score (nSPS) is 12.6. The van der Waals surface area contributed by atoms with Crippen LogP contribution in [0.5, 0.6) is 0 Å². The van der Waals surface area contributed by atoms with Crippen molar-refractivity contribution >= 4 is 5.82 Å². The van der Waals surface area contributed by atoms with Gasteiger partial charge in [-0.3, -0.25) is 0 Å². The summed E-state index contributed by atoms with van der Waals surface area (Å²) in [7, 11) is 2.01. The Bertz CT molecular complexity index is 287. The predicted molar refractivity (Wildman–Crippen MR) is 58.3 cm³/mol. The van der Waals surface area contributed by atoms with Gasteiger partial charge in [0.05, 0.1) is 6.20 Å². The highest BCUT2D eigenvalue weighted by molar-refractivity contribution is 5.37. The molecule has 78 valence electrons. The van der Waals surface area contributed by atoms with Crippen molar-refractivity contribution in [3.05, 3.63) is 17.8 Å². The standard InChI is InChI=1S/C10H18N4/c1-8-4-10(13-12-6-8)14(3)7-9(2)5-11/h4,6,9H,5,7,11H2,1-3H3. The minimum absolute atomic E-state index is 0.474. The van der Waals surface area contributed by atoms with E-state index in [1.807, 2.05) is 20.0 Å². The molecule has 2 N–H and O–H groups in total. The number of anilines is 1. The van der Waals surface area contributed by atoms with Gasteiger partial charge >= 0.3 is 0 Å². The quantitative estimate of drug-likeness (QED) is 0.771. The summed E-state index contributed by atoms with van der Waals surface area (Å²) in [4.78, 5) is 2.08. The molecule has 0 fully saturated rings. The van der Waals surface area contributed by atoms with E-state index >= 15 is 0 Å². The first-order chi connectivity index (χ1) is 6.63. The first kappa shape index (κ1) is 10.9. The molecule has 14 heavy (non-hydrogen) atoms. The number of hydrogen-bond acceptors (Lipinski definition) is 4. The third-order valence-corrected chi connectivity index (χ3v) is 2.16. The highest BCUT2D eigenvalue weighted by atomic mass is 15.2. The molecular formula is C10H18N4. The summed E-state index contributed by atoms with van der Waals surface area (Å²) in [5.41, 5.74) is 6.69. The monoisotopic (exact) mass is 194 g/mol. The van der Waals surface area contributed by atoms with Crippen molar-refractivity contribution < 1.29 is 0 Å². The smallest absolute Gasteiger partial charge is 0.151 e. The average Bonchev–Trinajstić information content (AvgIpc) is 2.17. The fraction of sp³-hybridized carbons (Fsp3) is 0.600. The molecule has 0 amide bonds. The summed E-state index contributed by atoms with van der Waals surface area (Å²) in [5, 5.41) is 7.98. The zero-order valence-electron chi connectivity index (χ0n) is 9.07. The van der Waals surface area contributed by atoms with Crippen LogP contribution in [0, 0.1) is 12.8 Å². The maximum atomic E-state index is 5.57. The Kier molecular flexibility index (Phi) is 3.83. The van der Waals surface area contributed by atoms with Crippen molar-refractivity contribution in [2.75, 3.05) is 25.0 Å². The summed E-state index contributed by atoms with van der Waals surface area (Å²) in [5.74, 6) is 1.38. The van der Waals surface area contributed by atoms with Crippen molar-refractivity contribution in [2.24, 2.45) is 11.7 Å². The summed E-state index contributed by atoms with van der Waals surface area (Å²) in [6.45, 7) is 5.75. The van der Waals surface area contributed by atoms with E-state index in [1.165, 1.54) is 0 Å². The molecule has 1 heterocycles. The van der Waals surface area contributed by atoms with E-state index in [9.17, 15) is 0 Å². The molecule has 1 unspecified atom stereocenters. The van der Waals surface area contributed by atoms with Gasteiger partial charge in [0, 0.05) is 13.6 Å². The fourth-order valence-corrected chi connectivity index (χ4v) is 1.27. The minimum Gasteiger partial charge on any atom is -0.358 e. The lowest BCUT2D eigenvalue weighted by atomic mass is 10.2. The highest BCUT2D eigenvalue weighted by Crippen LogP contribution is 2.10. The van der Waals surface area contributed by atoms with Gasteiger partial charge in [0.15, 0.2) is 5.82 Å². The lowest BCUT2D eigenvalue weighted by Gasteiger charge is -2.21. The SMILES string of the molecule is Cc1cnnc(N(C)CC(C)CN)c1. The van der Waals surface area contributed by atoms with Gasteiger partial charge in [0.25, 0.3) is 0 Å². The van der Waals surface area contributed by atoms with E-state index in [0.717, 1.165) is 17.9 Å². The van der Waals surface area contributed by atoms with Gasteiger partial charge in [-0.25, -0.2) is 0 Å². The third kappa shape index (κ3) is 2.96. The van der Waals surface area contributed by atoms with Gasteiger partial charge in [0.2, 0.25) is 0 Å². The summed E-state index contributed by atoms with van der Waals surface area (Å²) in [6, 6.07) is 2.02. The largest absolute Gasteiger partial charge is 0.358 e. The molecule has 0 aliphatic heterocycles. The molecule has 0 aromatic carbocycles. The molecule has 1 aromatic rings. The zero-order valence-corrected chi connectivity index (χ0v) is 9.07. The molecule has 1 rings (SSSR count). The van der Waals surface area contributed by atoms with Crippen LogP contribution >= 0.6 is 0 Å². The number of aryl methyl sites for hydroxylation is 1. The van der Waals surface area contributed by atoms with Gasteiger partial charge in [-0.1, -0.05) is 6.92 Å². The summed E-state index contributed by atoms with van der Waals surface area (Å²) >= 11 is 0. The molecule has 0 aliphatic carbocycles. The second kappa shape index (κ2) is 4.91. The Hall–Kier alpha value is -1.16. The maximum Gasteiger partial charge on any atom is 0.151 e. The second-order valence-electron chi connectivity index (χ2n) is 3.81. The molecule has 1 atom stereocenters. The molecule has 4 heteroatoms. The van der Waals surface area contributed by atoms with Crippen molar-refractivity contribution in [3.63, 3.8) is 0 Å². The van der Waals surface area contributed by atoms with Crippen LogP contribution < -0.4 is 10.6 Å². The molecular weight excluding hydrogens is 176 g/mol. The van der Waals surface area contributed by atoms with E-state index in [1.54, 1.807) is 6.20 Å². The molecule has 0 radical (unpaired) electrons. The highest BCUT2D eigenvalue weighted by Gasteiger charge is 2.07. The lowest BCUT2D eigenvalue weighted by Crippen LogP contribution is -2.28. The lowest BCUT2D eigenvalue weighted by molar-refractivity contribution is 0.586. The van der Waals surface area contributed by atoms with Crippen LogP contribution in [0.4, 0.5) is 5.82 Å². The first-order valence-corrected chi connectivity index (χ1v) is 4.84. The van der Waals surface area contributed by atoms with E-state index < -0.39 is 0 Å². The third-order valence-electron chi connectivity index (χ3n) is 2.16. The Labute approximate surface area is 85.1 Å². The Morgan fingerprint density at radius 3 is 2.86 bits per heavy atom. The Morgan fingerprint density at radius 1 is 1.57 bits per heavy atom. The van der Waals surface area contributed by atoms with E-state index in [4.69, 9.17) is 5.73 Å². The number of nitrogens with two attached hydrogens (primary N) is 1. The number of rotatable bonds is 4.